The molecule has 1 rings (SSSR count). The second-order valence-electron chi connectivity index (χ2n) is 3.80. The highest BCUT2D eigenvalue weighted by Crippen LogP contribution is 2.04. The van der Waals surface area contributed by atoms with E-state index >= 15 is 0 Å². The Hall–Kier alpha value is -0.560. The quantitative estimate of drug-likeness (QED) is 0.532. The lowest BCUT2D eigenvalue weighted by molar-refractivity contribution is 0.158. The average Bonchev–Trinajstić information content (AvgIpc) is 2.22. The van der Waals surface area contributed by atoms with Gasteiger partial charge in [0.25, 0.3) is 0 Å². The van der Waals surface area contributed by atoms with Gasteiger partial charge >= 0.3 is 0 Å². The first kappa shape index (κ1) is 11.5. The normalized spacial score (nSPS) is 24.0. The lowest BCUT2D eigenvalue weighted by Gasteiger charge is -2.01. The summed E-state index contributed by atoms with van der Waals surface area (Å²) in [7, 11) is 0. The molecular formula is C13H22O. The molecule has 0 bridgehead atoms. The molecule has 0 saturated heterocycles. The van der Waals surface area contributed by atoms with Gasteiger partial charge in [-0.15, -0.1) is 0 Å². The van der Waals surface area contributed by atoms with E-state index in [1.54, 1.807) is 0 Å². The minimum atomic E-state index is 0.801. The van der Waals surface area contributed by atoms with Crippen LogP contribution in [0.15, 0.2) is 24.3 Å². The van der Waals surface area contributed by atoms with Crippen molar-refractivity contribution in [2.45, 2.75) is 44.9 Å². The molecule has 0 aromatic carbocycles. The molecular weight excluding hydrogens is 172 g/mol. The fourth-order valence-corrected chi connectivity index (χ4v) is 1.56. The summed E-state index contributed by atoms with van der Waals surface area (Å²) < 4.78 is 5.47. The highest BCUT2D eigenvalue weighted by atomic mass is 16.5. The van der Waals surface area contributed by atoms with Crippen LogP contribution in [-0.4, -0.2) is 13.2 Å². The summed E-state index contributed by atoms with van der Waals surface area (Å²) in [6, 6.07) is 0. The van der Waals surface area contributed by atoms with Gasteiger partial charge in [0.2, 0.25) is 0 Å². The maximum Gasteiger partial charge on any atom is 0.0647 e. The van der Waals surface area contributed by atoms with Gasteiger partial charge in [-0.05, 0) is 44.9 Å². The summed E-state index contributed by atoms with van der Waals surface area (Å²) in [6.07, 6.45) is 17.8. The van der Waals surface area contributed by atoms with Gasteiger partial charge < -0.3 is 4.74 Å². The van der Waals surface area contributed by atoms with Gasteiger partial charge in [-0.25, -0.2) is 0 Å². The van der Waals surface area contributed by atoms with Crippen LogP contribution in [0, 0.1) is 0 Å². The first-order valence-electron chi connectivity index (χ1n) is 5.88. The molecule has 0 amide bonds. The van der Waals surface area contributed by atoms with E-state index in [9.17, 15) is 0 Å². The smallest absolute Gasteiger partial charge is 0.0647 e. The van der Waals surface area contributed by atoms with E-state index in [-0.39, 0.29) is 0 Å². The Bertz CT molecular complexity index is 150. The SMILES string of the molecule is C1=CCCCCOC/C=C/CCCC1. The predicted octanol–water partition coefficient (Wildman–Crippen LogP) is 3.86. The Labute approximate surface area is 87.8 Å². The number of rotatable bonds is 0. The Morgan fingerprint density at radius 3 is 1.93 bits per heavy atom. The monoisotopic (exact) mass is 194 g/mol. The molecule has 1 nitrogen and oxygen atoms in total. The van der Waals surface area contributed by atoms with E-state index in [0.717, 1.165) is 13.2 Å². The molecule has 14 heavy (non-hydrogen) atoms. The fourth-order valence-electron chi connectivity index (χ4n) is 1.56. The lowest BCUT2D eigenvalue weighted by Crippen LogP contribution is -1.94. The molecule has 1 aliphatic rings. The molecule has 1 aliphatic heterocycles. The topological polar surface area (TPSA) is 9.23 Å². The summed E-state index contributed by atoms with van der Waals surface area (Å²) >= 11 is 0. The van der Waals surface area contributed by atoms with E-state index < -0.39 is 0 Å². The molecule has 0 aromatic rings. The van der Waals surface area contributed by atoms with Crippen LogP contribution >= 0.6 is 0 Å². The van der Waals surface area contributed by atoms with E-state index in [0.29, 0.717) is 0 Å². The van der Waals surface area contributed by atoms with Crippen molar-refractivity contribution in [3.05, 3.63) is 24.3 Å². The van der Waals surface area contributed by atoms with Crippen LogP contribution in [0.4, 0.5) is 0 Å². The highest BCUT2D eigenvalue weighted by Gasteiger charge is 1.89. The molecule has 1 heterocycles. The first-order chi connectivity index (χ1) is 7.00. The molecule has 0 fully saturated rings. The van der Waals surface area contributed by atoms with Crippen LogP contribution in [-0.2, 0) is 4.74 Å². The van der Waals surface area contributed by atoms with Crippen LogP contribution in [0.25, 0.3) is 0 Å². The van der Waals surface area contributed by atoms with Crippen molar-refractivity contribution in [1.82, 2.24) is 0 Å². The van der Waals surface area contributed by atoms with E-state index in [1.807, 2.05) is 0 Å². The zero-order valence-corrected chi connectivity index (χ0v) is 9.08. The maximum atomic E-state index is 5.47. The molecule has 80 valence electrons. The van der Waals surface area contributed by atoms with Crippen molar-refractivity contribution >= 4 is 0 Å². The largest absolute Gasteiger partial charge is 0.377 e. The maximum absolute atomic E-state index is 5.47. The number of allylic oxidation sites excluding steroid dienone is 3. The van der Waals surface area contributed by atoms with Crippen molar-refractivity contribution in [2.75, 3.05) is 13.2 Å². The number of hydrogen-bond acceptors (Lipinski definition) is 1. The van der Waals surface area contributed by atoms with Crippen LogP contribution < -0.4 is 0 Å². The van der Waals surface area contributed by atoms with E-state index in [2.05, 4.69) is 24.3 Å². The van der Waals surface area contributed by atoms with Gasteiger partial charge in [0.05, 0.1) is 6.61 Å². The van der Waals surface area contributed by atoms with Crippen LogP contribution in [0.1, 0.15) is 44.9 Å². The van der Waals surface area contributed by atoms with Crippen LogP contribution in [0.2, 0.25) is 0 Å². The van der Waals surface area contributed by atoms with Crippen molar-refractivity contribution in [3.8, 4) is 0 Å². The Morgan fingerprint density at radius 1 is 0.643 bits per heavy atom. The molecule has 1 heteroatoms. The zero-order chi connectivity index (χ0) is 9.90. The van der Waals surface area contributed by atoms with Gasteiger partial charge in [-0.1, -0.05) is 24.3 Å². The minimum absolute atomic E-state index is 0.801. The van der Waals surface area contributed by atoms with E-state index in [1.165, 1.54) is 44.9 Å². The third kappa shape index (κ3) is 6.90. The standard InChI is InChI=1S/C13H22O/c1-2-4-6-8-10-12-14-13-11-9-7-5-3-1/h2,4,9,11H,1,3,5-8,10,12-13H2/b4-2?,11-9+. The van der Waals surface area contributed by atoms with Crippen molar-refractivity contribution < 1.29 is 4.74 Å². The Balaban J connectivity index is 2.16. The Kier molecular flexibility index (Phi) is 7.41. The fraction of sp³-hybridized carbons (Fsp3) is 0.692. The molecule has 0 atom stereocenters. The third-order valence-electron chi connectivity index (χ3n) is 2.45. The second-order valence-corrected chi connectivity index (χ2v) is 3.80. The Morgan fingerprint density at radius 2 is 1.21 bits per heavy atom. The van der Waals surface area contributed by atoms with Crippen molar-refractivity contribution in [1.29, 1.82) is 0 Å². The molecule has 0 N–H and O–H groups in total. The van der Waals surface area contributed by atoms with Crippen LogP contribution in [0.3, 0.4) is 0 Å². The van der Waals surface area contributed by atoms with Crippen LogP contribution in [0.5, 0.6) is 0 Å². The van der Waals surface area contributed by atoms with Gasteiger partial charge in [0, 0.05) is 6.61 Å². The molecule has 0 unspecified atom stereocenters. The molecule has 0 spiro atoms. The minimum Gasteiger partial charge on any atom is -0.377 e. The van der Waals surface area contributed by atoms with Gasteiger partial charge in [-0.3, -0.25) is 0 Å². The summed E-state index contributed by atoms with van der Waals surface area (Å²) in [5, 5.41) is 0. The lowest BCUT2D eigenvalue weighted by atomic mass is 10.1. The zero-order valence-electron chi connectivity index (χ0n) is 9.08. The molecule has 0 aromatic heterocycles. The predicted molar refractivity (Wildman–Crippen MR) is 61.4 cm³/mol. The summed E-state index contributed by atoms with van der Waals surface area (Å²) in [6.45, 7) is 1.72. The first-order valence-corrected chi connectivity index (χ1v) is 5.88. The molecule has 0 aliphatic carbocycles. The van der Waals surface area contributed by atoms with E-state index in [4.69, 9.17) is 4.74 Å². The number of ether oxygens (including phenoxy) is 1. The average molecular weight is 194 g/mol. The van der Waals surface area contributed by atoms with Gasteiger partial charge in [-0.2, -0.15) is 0 Å². The summed E-state index contributed by atoms with van der Waals surface area (Å²) in [5.74, 6) is 0. The second kappa shape index (κ2) is 9.01. The van der Waals surface area contributed by atoms with Gasteiger partial charge in [0.1, 0.15) is 0 Å². The van der Waals surface area contributed by atoms with Gasteiger partial charge in [0.15, 0.2) is 0 Å². The third-order valence-corrected chi connectivity index (χ3v) is 2.45. The molecule has 0 saturated carbocycles. The van der Waals surface area contributed by atoms with Crippen molar-refractivity contribution in [3.63, 3.8) is 0 Å². The summed E-state index contributed by atoms with van der Waals surface area (Å²) in [4.78, 5) is 0. The molecule has 0 radical (unpaired) electrons. The number of hydrogen-bond donors (Lipinski definition) is 0. The summed E-state index contributed by atoms with van der Waals surface area (Å²) in [5.41, 5.74) is 0. The highest BCUT2D eigenvalue weighted by molar-refractivity contribution is 4.84. The van der Waals surface area contributed by atoms with Crippen molar-refractivity contribution in [2.24, 2.45) is 0 Å².